The molecule has 0 spiro atoms. The zero-order valence-electron chi connectivity index (χ0n) is 12.8. The fraction of sp³-hybridized carbons (Fsp3) is 0.267. The van der Waals surface area contributed by atoms with E-state index in [1.54, 1.807) is 6.07 Å². The van der Waals surface area contributed by atoms with Crippen LogP contribution in [0, 0.1) is 5.82 Å². The van der Waals surface area contributed by atoms with Crippen LogP contribution in [0.15, 0.2) is 27.9 Å². The average molecular weight is 355 g/mol. The van der Waals surface area contributed by atoms with Crippen molar-refractivity contribution in [1.29, 1.82) is 0 Å². The number of H-pyrrole nitrogens is 1. The number of nitrogens with one attached hydrogen (secondary N) is 3. The predicted octanol–water partition coefficient (Wildman–Crippen LogP) is 0.532. The van der Waals surface area contributed by atoms with Crippen LogP contribution >= 0.6 is 12.4 Å². The second-order valence-electron chi connectivity index (χ2n) is 5.36. The molecule has 1 amide bonds. The van der Waals surface area contributed by atoms with Crippen molar-refractivity contribution in [2.24, 2.45) is 7.05 Å². The van der Waals surface area contributed by atoms with Gasteiger partial charge in [0.1, 0.15) is 11.4 Å². The van der Waals surface area contributed by atoms with E-state index in [4.69, 9.17) is 0 Å². The van der Waals surface area contributed by atoms with Crippen LogP contribution in [0.3, 0.4) is 0 Å². The molecule has 2 aromatic rings. The van der Waals surface area contributed by atoms with E-state index in [1.165, 1.54) is 13.1 Å². The summed E-state index contributed by atoms with van der Waals surface area (Å²) >= 11 is 0. The van der Waals surface area contributed by atoms with Gasteiger partial charge in [-0.25, -0.2) is 9.18 Å². The number of carbonyl (C=O) groups is 1. The number of aryl methyl sites for hydroxylation is 1. The lowest BCUT2D eigenvalue weighted by molar-refractivity contribution is 0.102. The Kier molecular flexibility index (Phi) is 5.20. The fourth-order valence-electron chi connectivity index (χ4n) is 2.55. The minimum Gasteiger partial charge on any atom is -0.319 e. The highest BCUT2D eigenvalue weighted by Gasteiger charge is 2.19. The Morgan fingerprint density at radius 1 is 1.33 bits per heavy atom. The Morgan fingerprint density at radius 2 is 2.08 bits per heavy atom. The van der Waals surface area contributed by atoms with E-state index < -0.39 is 23.0 Å². The van der Waals surface area contributed by atoms with Gasteiger partial charge in [-0.05, 0) is 30.2 Å². The monoisotopic (exact) mass is 354 g/mol. The molecule has 9 heteroatoms. The smallest absolute Gasteiger partial charge is 0.319 e. The van der Waals surface area contributed by atoms with Crippen LogP contribution in [-0.2, 0) is 20.0 Å². The molecule has 0 aliphatic carbocycles. The Labute approximate surface area is 142 Å². The van der Waals surface area contributed by atoms with Crippen molar-refractivity contribution in [3.05, 3.63) is 61.7 Å². The van der Waals surface area contributed by atoms with Crippen LogP contribution in [0.1, 0.15) is 21.5 Å². The van der Waals surface area contributed by atoms with E-state index >= 15 is 0 Å². The van der Waals surface area contributed by atoms with Gasteiger partial charge < -0.3 is 15.2 Å². The highest BCUT2D eigenvalue weighted by atomic mass is 35.5. The molecule has 1 aliphatic rings. The van der Waals surface area contributed by atoms with Crippen molar-refractivity contribution in [3.8, 4) is 0 Å². The van der Waals surface area contributed by atoms with Gasteiger partial charge in [-0.15, -0.1) is 12.4 Å². The highest BCUT2D eigenvalue weighted by molar-refractivity contribution is 6.03. The summed E-state index contributed by atoms with van der Waals surface area (Å²) in [5.74, 6) is -1.26. The average Bonchev–Trinajstić information content (AvgIpc) is 2.53. The molecule has 1 aromatic carbocycles. The standard InChI is InChI=1S/C15H15FN4O3.ClH/c1-20-7-10(14(22)19-15(20)23)13(21)18-11-3-2-8-6-17-5-4-9(8)12(11)16;/h2-3,7,17H,4-6H2,1H3,(H,18,21)(H,19,22,23);1H. The largest absolute Gasteiger partial charge is 0.328 e. The minimum atomic E-state index is -0.812. The molecular weight excluding hydrogens is 339 g/mol. The number of anilines is 1. The number of benzene rings is 1. The first-order valence-corrected chi connectivity index (χ1v) is 7.09. The van der Waals surface area contributed by atoms with Gasteiger partial charge in [0.05, 0.1) is 5.69 Å². The molecule has 0 bridgehead atoms. The molecule has 1 aliphatic heterocycles. The third-order valence-electron chi connectivity index (χ3n) is 3.81. The van der Waals surface area contributed by atoms with E-state index in [0.29, 0.717) is 25.1 Å². The molecule has 128 valence electrons. The molecule has 0 unspecified atom stereocenters. The second-order valence-corrected chi connectivity index (χ2v) is 5.36. The molecule has 24 heavy (non-hydrogen) atoms. The maximum Gasteiger partial charge on any atom is 0.328 e. The zero-order valence-corrected chi connectivity index (χ0v) is 13.6. The summed E-state index contributed by atoms with van der Waals surface area (Å²) in [5, 5.41) is 5.54. The molecule has 2 heterocycles. The van der Waals surface area contributed by atoms with Crippen LogP contribution in [0.25, 0.3) is 0 Å². The third-order valence-corrected chi connectivity index (χ3v) is 3.81. The van der Waals surface area contributed by atoms with Crippen molar-refractivity contribution < 1.29 is 9.18 Å². The van der Waals surface area contributed by atoms with Crippen molar-refractivity contribution in [1.82, 2.24) is 14.9 Å². The van der Waals surface area contributed by atoms with Crippen LogP contribution in [0.4, 0.5) is 10.1 Å². The van der Waals surface area contributed by atoms with Crippen LogP contribution in [0.2, 0.25) is 0 Å². The van der Waals surface area contributed by atoms with Crippen LogP contribution in [0.5, 0.6) is 0 Å². The van der Waals surface area contributed by atoms with Gasteiger partial charge in [-0.3, -0.25) is 14.6 Å². The van der Waals surface area contributed by atoms with Crippen LogP contribution in [-0.4, -0.2) is 22.0 Å². The molecule has 0 radical (unpaired) electrons. The molecule has 0 fully saturated rings. The minimum absolute atomic E-state index is 0. The number of nitrogens with zero attached hydrogens (tertiary/aromatic N) is 1. The lowest BCUT2D eigenvalue weighted by Crippen LogP contribution is -2.33. The normalized spacial score (nSPS) is 12.9. The molecule has 0 saturated heterocycles. The molecule has 3 rings (SSSR count). The summed E-state index contributed by atoms with van der Waals surface area (Å²) in [6.07, 6.45) is 1.65. The Bertz CT molecular complexity index is 907. The molecule has 0 atom stereocenters. The summed E-state index contributed by atoms with van der Waals surface area (Å²) in [7, 11) is 1.40. The number of fused-ring (bicyclic) bond motifs is 1. The molecule has 3 N–H and O–H groups in total. The first kappa shape index (κ1) is 17.9. The summed E-state index contributed by atoms with van der Waals surface area (Å²) in [6, 6.07) is 3.21. The number of rotatable bonds is 2. The quantitative estimate of drug-likeness (QED) is 0.733. The summed E-state index contributed by atoms with van der Waals surface area (Å²) in [4.78, 5) is 37.2. The second kappa shape index (κ2) is 6.98. The van der Waals surface area contributed by atoms with Crippen molar-refractivity contribution >= 4 is 24.0 Å². The number of amides is 1. The van der Waals surface area contributed by atoms with Gasteiger partial charge in [-0.1, -0.05) is 6.07 Å². The van der Waals surface area contributed by atoms with E-state index in [9.17, 15) is 18.8 Å². The summed E-state index contributed by atoms with van der Waals surface area (Å²) in [5.41, 5.74) is -0.260. The first-order chi connectivity index (χ1) is 11.0. The zero-order chi connectivity index (χ0) is 16.6. The molecule has 0 saturated carbocycles. The van der Waals surface area contributed by atoms with Gasteiger partial charge >= 0.3 is 5.69 Å². The number of halogens is 2. The Balaban J connectivity index is 0.00000208. The Hall–Kier alpha value is -2.45. The Morgan fingerprint density at radius 3 is 2.83 bits per heavy atom. The van der Waals surface area contributed by atoms with E-state index in [2.05, 4.69) is 10.6 Å². The topological polar surface area (TPSA) is 96.0 Å². The number of aromatic nitrogens is 2. The van der Waals surface area contributed by atoms with Crippen molar-refractivity contribution in [3.63, 3.8) is 0 Å². The third kappa shape index (κ3) is 3.24. The maximum absolute atomic E-state index is 14.5. The number of carbonyl (C=O) groups excluding carboxylic acids is 1. The predicted molar refractivity (Wildman–Crippen MR) is 89.3 cm³/mol. The lowest BCUT2D eigenvalue weighted by atomic mass is 9.99. The van der Waals surface area contributed by atoms with Gasteiger partial charge in [0.25, 0.3) is 11.5 Å². The van der Waals surface area contributed by atoms with Gasteiger partial charge in [0, 0.05) is 19.8 Å². The number of hydrogen-bond acceptors (Lipinski definition) is 4. The van der Waals surface area contributed by atoms with Crippen molar-refractivity contribution in [2.45, 2.75) is 13.0 Å². The number of hydrogen-bond donors (Lipinski definition) is 3. The summed E-state index contributed by atoms with van der Waals surface area (Å²) in [6.45, 7) is 1.25. The van der Waals surface area contributed by atoms with E-state index in [1.807, 2.05) is 4.98 Å². The fourth-order valence-corrected chi connectivity index (χ4v) is 2.55. The number of aromatic amines is 1. The SMILES string of the molecule is Cl.Cn1cc(C(=O)Nc2ccc3c(c2F)CCNC3)c(=O)[nH]c1=O. The lowest BCUT2D eigenvalue weighted by Gasteiger charge is -2.19. The highest BCUT2D eigenvalue weighted by Crippen LogP contribution is 2.24. The first-order valence-electron chi connectivity index (χ1n) is 7.09. The van der Waals surface area contributed by atoms with E-state index in [0.717, 1.165) is 16.3 Å². The van der Waals surface area contributed by atoms with Gasteiger partial charge in [0.2, 0.25) is 0 Å². The molecular formula is C15H16ClFN4O3. The summed E-state index contributed by atoms with van der Waals surface area (Å²) < 4.78 is 15.6. The van der Waals surface area contributed by atoms with Gasteiger partial charge in [-0.2, -0.15) is 0 Å². The van der Waals surface area contributed by atoms with Crippen molar-refractivity contribution in [2.75, 3.05) is 11.9 Å². The van der Waals surface area contributed by atoms with E-state index in [-0.39, 0.29) is 23.7 Å². The van der Waals surface area contributed by atoms with Gasteiger partial charge in [0.15, 0.2) is 0 Å². The molecule has 7 nitrogen and oxygen atoms in total. The molecule has 1 aromatic heterocycles. The van der Waals surface area contributed by atoms with Crippen LogP contribution < -0.4 is 21.9 Å². The maximum atomic E-state index is 14.5.